The molecule has 1 aromatic rings. The first-order chi connectivity index (χ1) is 8.51. The van der Waals surface area contributed by atoms with Crippen LogP contribution in [-0.2, 0) is 11.2 Å². The van der Waals surface area contributed by atoms with Crippen LogP contribution < -0.4 is 0 Å². The van der Waals surface area contributed by atoms with Crippen molar-refractivity contribution in [2.24, 2.45) is 0 Å². The van der Waals surface area contributed by atoms with E-state index in [0.29, 0.717) is 24.2 Å². The molecule has 0 fully saturated rings. The highest BCUT2D eigenvalue weighted by atomic mass is 79.9. The molecule has 0 aliphatic heterocycles. The van der Waals surface area contributed by atoms with Crippen molar-refractivity contribution in [3.63, 3.8) is 0 Å². The minimum Gasteiger partial charge on any atom is -0.462 e. The fourth-order valence-corrected chi connectivity index (χ4v) is 1.93. The Bertz CT molecular complexity index is 452. The molecule has 0 saturated heterocycles. The molecule has 0 aliphatic rings. The number of hydrogen-bond acceptors (Lipinski definition) is 3. The quantitative estimate of drug-likeness (QED) is 0.475. The summed E-state index contributed by atoms with van der Waals surface area (Å²) in [6, 6.07) is 5.07. The van der Waals surface area contributed by atoms with Crippen molar-refractivity contribution in [3.05, 3.63) is 34.9 Å². The highest BCUT2D eigenvalue weighted by Crippen LogP contribution is 2.18. The van der Waals surface area contributed by atoms with Crippen molar-refractivity contribution < 1.29 is 14.3 Å². The molecule has 0 aromatic heterocycles. The van der Waals surface area contributed by atoms with E-state index in [1.807, 2.05) is 6.92 Å². The van der Waals surface area contributed by atoms with E-state index >= 15 is 0 Å². The van der Waals surface area contributed by atoms with E-state index < -0.39 is 0 Å². The second-order valence-corrected chi connectivity index (χ2v) is 5.30. The lowest BCUT2D eigenvalue weighted by Crippen LogP contribution is -2.14. The van der Waals surface area contributed by atoms with Crippen LogP contribution in [-0.4, -0.2) is 23.2 Å². The van der Waals surface area contributed by atoms with Crippen LogP contribution in [0.4, 0.5) is 0 Å². The van der Waals surface area contributed by atoms with Crippen molar-refractivity contribution in [2.45, 2.75) is 32.0 Å². The minimum atomic E-state index is -0.349. The van der Waals surface area contributed by atoms with Crippen LogP contribution in [0.25, 0.3) is 0 Å². The van der Waals surface area contributed by atoms with E-state index in [0.717, 1.165) is 5.56 Å². The van der Waals surface area contributed by atoms with Gasteiger partial charge in [0, 0.05) is 5.56 Å². The lowest BCUT2D eigenvalue weighted by Gasteiger charge is -2.10. The number of carbonyl (C=O) groups is 2. The summed E-state index contributed by atoms with van der Waals surface area (Å²) < 4.78 is 4.94. The fraction of sp³-hybridized carbons (Fsp3) is 0.429. The van der Waals surface area contributed by atoms with E-state index in [1.54, 1.807) is 32.0 Å². The zero-order valence-electron chi connectivity index (χ0n) is 10.8. The summed E-state index contributed by atoms with van der Waals surface area (Å²) in [5, 5.41) is 0. The molecular formula is C14H17BrO3. The number of carbonyl (C=O) groups excluding carboxylic acids is 2. The maximum Gasteiger partial charge on any atom is 0.338 e. The molecule has 1 aromatic carbocycles. The molecule has 18 heavy (non-hydrogen) atoms. The number of Topliss-reactive ketones (excluding diaryl/α,β-unsaturated/α-hetero) is 1. The average molecular weight is 313 g/mol. The molecule has 3 nitrogen and oxygen atoms in total. The second-order valence-electron chi connectivity index (χ2n) is 3.93. The lowest BCUT2D eigenvalue weighted by atomic mass is 9.97. The zero-order valence-corrected chi connectivity index (χ0v) is 12.4. The van der Waals surface area contributed by atoms with Gasteiger partial charge in [-0.2, -0.15) is 0 Å². The van der Waals surface area contributed by atoms with E-state index in [9.17, 15) is 9.59 Å². The van der Waals surface area contributed by atoms with Gasteiger partial charge in [-0.15, -0.1) is 0 Å². The van der Waals surface area contributed by atoms with Crippen LogP contribution in [0, 0.1) is 0 Å². The monoisotopic (exact) mass is 312 g/mol. The molecule has 0 radical (unpaired) electrons. The molecule has 1 rings (SSSR count). The first-order valence-electron chi connectivity index (χ1n) is 5.99. The van der Waals surface area contributed by atoms with Crippen LogP contribution >= 0.6 is 15.9 Å². The minimum absolute atomic E-state index is 0.0299. The molecule has 0 aliphatic carbocycles. The summed E-state index contributed by atoms with van der Waals surface area (Å²) >= 11 is 3.27. The Labute approximate surface area is 116 Å². The van der Waals surface area contributed by atoms with Gasteiger partial charge in [-0.05, 0) is 38.0 Å². The van der Waals surface area contributed by atoms with Crippen LogP contribution in [0.5, 0.6) is 0 Å². The van der Waals surface area contributed by atoms with Crippen molar-refractivity contribution >= 4 is 27.7 Å². The molecule has 4 heteroatoms. The predicted molar refractivity (Wildman–Crippen MR) is 74.5 cm³/mol. The number of aryl methyl sites for hydroxylation is 1. The second kappa shape index (κ2) is 6.69. The molecular weight excluding hydrogens is 296 g/mol. The number of esters is 1. The Hall–Kier alpha value is -1.16. The van der Waals surface area contributed by atoms with Crippen LogP contribution in [0.15, 0.2) is 18.2 Å². The number of ether oxygens (including phenoxy) is 1. The SMILES string of the molecule is CCOC(=O)c1ccc(C(=O)C(C)Br)c(CC)c1. The zero-order chi connectivity index (χ0) is 13.7. The largest absolute Gasteiger partial charge is 0.462 e. The van der Waals surface area contributed by atoms with Gasteiger partial charge in [-0.3, -0.25) is 4.79 Å². The number of rotatable bonds is 5. The van der Waals surface area contributed by atoms with Crippen LogP contribution in [0.3, 0.4) is 0 Å². The normalized spacial score (nSPS) is 12.0. The van der Waals surface area contributed by atoms with Gasteiger partial charge in [0.15, 0.2) is 5.78 Å². The van der Waals surface area contributed by atoms with Crippen LogP contribution in [0.2, 0.25) is 0 Å². The van der Waals surface area contributed by atoms with Crippen molar-refractivity contribution in [1.82, 2.24) is 0 Å². The van der Waals surface area contributed by atoms with Gasteiger partial charge in [-0.25, -0.2) is 4.79 Å². The lowest BCUT2D eigenvalue weighted by molar-refractivity contribution is 0.0526. The third-order valence-corrected chi connectivity index (χ3v) is 3.04. The third-order valence-electron chi connectivity index (χ3n) is 2.62. The molecule has 0 heterocycles. The highest BCUT2D eigenvalue weighted by Gasteiger charge is 2.17. The first kappa shape index (κ1) is 14.9. The van der Waals surface area contributed by atoms with Gasteiger partial charge in [-0.1, -0.05) is 28.9 Å². The molecule has 0 bridgehead atoms. The molecule has 1 unspecified atom stereocenters. The van der Waals surface area contributed by atoms with Gasteiger partial charge in [0.25, 0.3) is 0 Å². The molecule has 0 amide bonds. The van der Waals surface area contributed by atoms with Gasteiger partial charge < -0.3 is 4.74 Å². The van der Waals surface area contributed by atoms with Gasteiger partial charge in [0.1, 0.15) is 0 Å². The molecule has 0 N–H and O–H groups in total. The van der Waals surface area contributed by atoms with Crippen LogP contribution in [0.1, 0.15) is 47.1 Å². The number of alkyl halides is 1. The molecule has 0 spiro atoms. The van der Waals surface area contributed by atoms with Gasteiger partial charge in [0.05, 0.1) is 17.0 Å². The van der Waals surface area contributed by atoms with Crippen molar-refractivity contribution in [3.8, 4) is 0 Å². The summed E-state index contributed by atoms with van der Waals surface area (Å²) in [6.45, 7) is 5.86. The molecule has 0 saturated carbocycles. The number of halogens is 1. The van der Waals surface area contributed by atoms with E-state index in [-0.39, 0.29) is 16.6 Å². The maximum atomic E-state index is 12.0. The third kappa shape index (κ3) is 3.42. The first-order valence-corrected chi connectivity index (χ1v) is 6.91. The Morgan fingerprint density at radius 1 is 1.33 bits per heavy atom. The molecule has 98 valence electrons. The smallest absolute Gasteiger partial charge is 0.338 e. The predicted octanol–water partition coefficient (Wildman–Crippen LogP) is 3.39. The van der Waals surface area contributed by atoms with E-state index in [1.165, 1.54) is 0 Å². The average Bonchev–Trinajstić information content (AvgIpc) is 2.37. The summed E-state index contributed by atoms with van der Waals surface area (Å²) in [6.07, 6.45) is 0.702. The summed E-state index contributed by atoms with van der Waals surface area (Å²) in [5.41, 5.74) is 2.03. The Morgan fingerprint density at radius 2 is 2.00 bits per heavy atom. The summed E-state index contributed by atoms with van der Waals surface area (Å²) in [4.78, 5) is 23.4. The standard InChI is InChI=1S/C14H17BrO3/c1-4-10-8-11(14(17)18-5-2)6-7-12(10)13(16)9(3)15/h6-9H,4-5H2,1-3H3. The van der Waals surface area contributed by atoms with Crippen molar-refractivity contribution in [2.75, 3.05) is 6.61 Å². The van der Waals surface area contributed by atoms with Gasteiger partial charge >= 0.3 is 5.97 Å². The van der Waals surface area contributed by atoms with E-state index in [2.05, 4.69) is 15.9 Å². The summed E-state index contributed by atoms with van der Waals surface area (Å²) in [5.74, 6) is -0.319. The number of ketones is 1. The molecule has 1 atom stereocenters. The van der Waals surface area contributed by atoms with Gasteiger partial charge in [0.2, 0.25) is 0 Å². The maximum absolute atomic E-state index is 12.0. The Morgan fingerprint density at radius 3 is 2.50 bits per heavy atom. The Kier molecular flexibility index (Phi) is 5.54. The fourth-order valence-electron chi connectivity index (χ4n) is 1.68. The number of benzene rings is 1. The van der Waals surface area contributed by atoms with Crippen molar-refractivity contribution in [1.29, 1.82) is 0 Å². The van der Waals surface area contributed by atoms with E-state index in [4.69, 9.17) is 4.74 Å². The highest BCUT2D eigenvalue weighted by molar-refractivity contribution is 9.10. The Balaban J connectivity index is 3.11. The summed E-state index contributed by atoms with van der Waals surface area (Å²) in [7, 11) is 0. The topological polar surface area (TPSA) is 43.4 Å². The number of hydrogen-bond donors (Lipinski definition) is 0.